The summed E-state index contributed by atoms with van der Waals surface area (Å²) in [4.78, 5) is 23.5. The van der Waals surface area contributed by atoms with E-state index in [0.29, 0.717) is 24.6 Å². The molecule has 2 amide bonds. The molecule has 1 unspecified atom stereocenters. The Labute approximate surface area is 132 Å². The minimum atomic E-state index is -0.176. The standard InChI is InChI=1S/C15H20BrN3O2/c16-12-5-3-11(4-6-12)15(21)18-8-7-14(20)19-9-13(17)10-1-2-10/h3-6,10,13H,1-2,7-9,17H2,(H,18,21)(H,19,20). The Morgan fingerprint density at radius 1 is 1.24 bits per heavy atom. The number of hydrogen-bond donors (Lipinski definition) is 3. The number of amides is 2. The zero-order valence-electron chi connectivity index (χ0n) is 11.8. The predicted octanol–water partition coefficient (Wildman–Crippen LogP) is 1.42. The maximum atomic E-state index is 11.8. The van der Waals surface area contributed by atoms with Crippen LogP contribution in [0.25, 0.3) is 0 Å². The minimum Gasteiger partial charge on any atom is -0.354 e. The molecule has 0 heterocycles. The first kappa shape index (κ1) is 16.0. The molecule has 1 atom stereocenters. The first-order valence-electron chi connectivity index (χ1n) is 7.12. The summed E-state index contributed by atoms with van der Waals surface area (Å²) in [5.74, 6) is 0.314. The molecule has 4 N–H and O–H groups in total. The van der Waals surface area contributed by atoms with Crippen LogP contribution in [0.15, 0.2) is 28.7 Å². The first-order valence-corrected chi connectivity index (χ1v) is 7.91. The van der Waals surface area contributed by atoms with E-state index in [-0.39, 0.29) is 24.3 Å². The Balaban J connectivity index is 1.62. The molecule has 21 heavy (non-hydrogen) atoms. The lowest BCUT2D eigenvalue weighted by Gasteiger charge is -2.11. The van der Waals surface area contributed by atoms with Crippen molar-refractivity contribution in [3.8, 4) is 0 Å². The fraction of sp³-hybridized carbons (Fsp3) is 0.467. The van der Waals surface area contributed by atoms with E-state index in [1.807, 2.05) is 0 Å². The van der Waals surface area contributed by atoms with Crippen molar-refractivity contribution in [2.45, 2.75) is 25.3 Å². The van der Waals surface area contributed by atoms with Gasteiger partial charge in [-0.05, 0) is 43.0 Å². The summed E-state index contributed by atoms with van der Waals surface area (Å²) < 4.78 is 0.922. The fourth-order valence-electron chi connectivity index (χ4n) is 2.00. The van der Waals surface area contributed by atoms with Gasteiger partial charge in [0.15, 0.2) is 0 Å². The third-order valence-corrected chi connectivity index (χ3v) is 4.04. The summed E-state index contributed by atoms with van der Waals surface area (Å²) in [6, 6.07) is 7.13. The number of hydrogen-bond acceptors (Lipinski definition) is 3. The van der Waals surface area contributed by atoms with Gasteiger partial charge in [0.25, 0.3) is 5.91 Å². The molecule has 0 radical (unpaired) electrons. The Morgan fingerprint density at radius 3 is 2.52 bits per heavy atom. The molecule has 2 rings (SSSR count). The lowest BCUT2D eigenvalue weighted by molar-refractivity contribution is -0.121. The van der Waals surface area contributed by atoms with Crippen molar-refractivity contribution in [2.24, 2.45) is 11.7 Å². The van der Waals surface area contributed by atoms with Crippen molar-refractivity contribution < 1.29 is 9.59 Å². The molecule has 1 aliphatic carbocycles. The Morgan fingerprint density at radius 2 is 1.90 bits per heavy atom. The van der Waals surface area contributed by atoms with Gasteiger partial charge >= 0.3 is 0 Å². The van der Waals surface area contributed by atoms with Crippen molar-refractivity contribution >= 4 is 27.7 Å². The molecular formula is C15H20BrN3O2. The fourth-order valence-corrected chi connectivity index (χ4v) is 2.27. The van der Waals surface area contributed by atoms with Crippen LogP contribution in [0.1, 0.15) is 29.6 Å². The third kappa shape index (κ3) is 5.47. The molecule has 1 fully saturated rings. The van der Waals surface area contributed by atoms with Gasteiger partial charge in [0.2, 0.25) is 5.91 Å². The lowest BCUT2D eigenvalue weighted by Crippen LogP contribution is -2.39. The van der Waals surface area contributed by atoms with Gasteiger partial charge in [-0.2, -0.15) is 0 Å². The van der Waals surface area contributed by atoms with E-state index in [9.17, 15) is 9.59 Å². The van der Waals surface area contributed by atoms with Crippen LogP contribution < -0.4 is 16.4 Å². The van der Waals surface area contributed by atoms with E-state index in [2.05, 4.69) is 26.6 Å². The number of carbonyl (C=O) groups excluding carboxylic acids is 2. The van der Waals surface area contributed by atoms with E-state index in [1.54, 1.807) is 24.3 Å². The average molecular weight is 354 g/mol. The summed E-state index contributed by atoms with van der Waals surface area (Å²) >= 11 is 3.31. The molecule has 0 aromatic heterocycles. The second-order valence-corrected chi connectivity index (χ2v) is 6.23. The zero-order valence-corrected chi connectivity index (χ0v) is 13.4. The molecule has 1 saturated carbocycles. The van der Waals surface area contributed by atoms with Crippen LogP contribution in [0.3, 0.4) is 0 Å². The molecular weight excluding hydrogens is 334 g/mol. The first-order chi connectivity index (χ1) is 10.1. The zero-order chi connectivity index (χ0) is 15.2. The SMILES string of the molecule is NC(CNC(=O)CCNC(=O)c1ccc(Br)cc1)C1CC1. The number of benzene rings is 1. The van der Waals surface area contributed by atoms with Gasteiger partial charge in [-0.1, -0.05) is 15.9 Å². The van der Waals surface area contributed by atoms with Crippen LogP contribution in [0.2, 0.25) is 0 Å². The Hall–Kier alpha value is -1.40. The third-order valence-electron chi connectivity index (χ3n) is 3.51. The summed E-state index contributed by atoms with van der Waals surface area (Å²) in [7, 11) is 0. The minimum absolute atomic E-state index is 0.0614. The van der Waals surface area contributed by atoms with Gasteiger partial charge in [-0.25, -0.2) is 0 Å². The molecule has 0 bridgehead atoms. The molecule has 6 heteroatoms. The summed E-state index contributed by atoms with van der Waals surface area (Å²) in [5.41, 5.74) is 6.48. The van der Waals surface area contributed by atoms with Crippen LogP contribution >= 0.6 is 15.9 Å². The monoisotopic (exact) mass is 353 g/mol. The van der Waals surface area contributed by atoms with Crippen molar-refractivity contribution in [2.75, 3.05) is 13.1 Å². The van der Waals surface area contributed by atoms with E-state index in [1.165, 1.54) is 12.8 Å². The second kappa shape index (κ2) is 7.56. The molecule has 1 aliphatic rings. The van der Waals surface area contributed by atoms with Gasteiger partial charge < -0.3 is 16.4 Å². The van der Waals surface area contributed by atoms with Crippen molar-refractivity contribution in [1.82, 2.24) is 10.6 Å². The van der Waals surface area contributed by atoms with Crippen molar-refractivity contribution in [1.29, 1.82) is 0 Å². The maximum absolute atomic E-state index is 11.8. The molecule has 1 aromatic rings. The van der Waals surface area contributed by atoms with Gasteiger partial charge in [-0.3, -0.25) is 9.59 Å². The number of nitrogens with one attached hydrogen (secondary N) is 2. The lowest BCUT2D eigenvalue weighted by atomic mass is 10.2. The highest BCUT2D eigenvalue weighted by Gasteiger charge is 2.28. The van der Waals surface area contributed by atoms with E-state index in [0.717, 1.165) is 4.47 Å². The van der Waals surface area contributed by atoms with Crippen LogP contribution in [0.5, 0.6) is 0 Å². The molecule has 0 spiro atoms. The number of halogens is 1. The number of rotatable bonds is 7. The Kier molecular flexibility index (Phi) is 5.76. The smallest absolute Gasteiger partial charge is 0.251 e. The van der Waals surface area contributed by atoms with Crippen molar-refractivity contribution in [3.05, 3.63) is 34.3 Å². The van der Waals surface area contributed by atoms with Crippen LogP contribution in [0, 0.1) is 5.92 Å². The van der Waals surface area contributed by atoms with Gasteiger partial charge in [0.1, 0.15) is 0 Å². The molecule has 1 aromatic carbocycles. The number of nitrogens with two attached hydrogens (primary N) is 1. The van der Waals surface area contributed by atoms with Crippen LogP contribution in [-0.4, -0.2) is 30.9 Å². The predicted molar refractivity (Wildman–Crippen MR) is 84.8 cm³/mol. The highest BCUT2D eigenvalue weighted by Crippen LogP contribution is 2.31. The highest BCUT2D eigenvalue weighted by atomic mass is 79.9. The summed E-state index contributed by atoms with van der Waals surface area (Å²) in [6.45, 7) is 0.837. The molecule has 114 valence electrons. The van der Waals surface area contributed by atoms with Crippen LogP contribution in [-0.2, 0) is 4.79 Å². The second-order valence-electron chi connectivity index (χ2n) is 5.32. The average Bonchev–Trinajstić information content (AvgIpc) is 3.30. The molecule has 0 saturated heterocycles. The van der Waals surface area contributed by atoms with E-state index in [4.69, 9.17) is 5.73 Å². The normalized spacial score (nSPS) is 15.3. The number of carbonyl (C=O) groups is 2. The summed E-state index contributed by atoms with van der Waals surface area (Å²) in [6.07, 6.45) is 2.60. The van der Waals surface area contributed by atoms with Gasteiger partial charge in [-0.15, -0.1) is 0 Å². The van der Waals surface area contributed by atoms with Gasteiger partial charge in [0, 0.05) is 35.6 Å². The van der Waals surface area contributed by atoms with E-state index < -0.39 is 0 Å². The van der Waals surface area contributed by atoms with Gasteiger partial charge in [0.05, 0.1) is 0 Å². The summed E-state index contributed by atoms with van der Waals surface area (Å²) in [5, 5.41) is 5.53. The quantitative estimate of drug-likeness (QED) is 0.693. The topological polar surface area (TPSA) is 84.2 Å². The largest absolute Gasteiger partial charge is 0.354 e. The highest BCUT2D eigenvalue weighted by molar-refractivity contribution is 9.10. The molecule has 5 nitrogen and oxygen atoms in total. The maximum Gasteiger partial charge on any atom is 0.251 e. The molecule has 0 aliphatic heterocycles. The van der Waals surface area contributed by atoms with Crippen molar-refractivity contribution in [3.63, 3.8) is 0 Å². The van der Waals surface area contributed by atoms with Crippen LogP contribution in [0.4, 0.5) is 0 Å². The Bertz CT molecular complexity index is 500. The van der Waals surface area contributed by atoms with E-state index >= 15 is 0 Å².